The molecule has 0 unspecified atom stereocenters. The summed E-state index contributed by atoms with van der Waals surface area (Å²) >= 11 is 0. The van der Waals surface area contributed by atoms with Crippen molar-refractivity contribution in [1.82, 2.24) is 20.0 Å². The molecule has 0 spiro atoms. The van der Waals surface area contributed by atoms with E-state index >= 15 is 0 Å². The van der Waals surface area contributed by atoms with Crippen molar-refractivity contribution in [2.24, 2.45) is 0 Å². The molecule has 0 aromatic carbocycles. The summed E-state index contributed by atoms with van der Waals surface area (Å²) in [7, 11) is 4.03. The van der Waals surface area contributed by atoms with Gasteiger partial charge in [-0.25, -0.2) is 4.79 Å². The topological polar surface area (TPSA) is 71.4 Å². The van der Waals surface area contributed by atoms with Gasteiger partial charge < -0.3 is 15.0 Å². The van der Waals surface area contributed by atoms with E-state index in [-0.39, 0.29) is 18.2 Å². The Kier molecular flexibility index (Phi) is 5.58. The van der Waals surface area contributed by atoms with Crippen LogP contribution in [0.3, 0.4) is 0 Å². The lowest BCUT2D eigenvalue weighted by atomic mass is 10.1. The van der Waals surface area contributed by atoms with Gasteiger partial charge in [0.2, 0.25) is 0 Å². The lowest BCUT2D eigenvalue weighted by Gasteiger charge is -2.19. The van der Waals surface area contributed by atoms with Crippen molar-refractivity contribution < 1.29 is 9.53 Å². The molecule has 1 saturated heterocycles. The van der Waals surface area contributed by atoms with Crippen molar-refractivity contribution in [3.05, 3.63) is 12.3 Å². The quantitative estimate of drug-likeness (QED) is 0.825. The Balaban J connectivity index is 1.76. The summed E-state index contributed by atoms with van der Waals surface area (Å²) in [6.45, 7) is 4.45. The van der Waals surface area contributed by atoms with Crippen LogP contribution in [0.15, 0.2) is 12.3 Å². The number of likely N-dealkylation sites (N-methyl/N-ethyl adjacent to an activating group) is 1. The summed E-state index contributed by atoms with van der Waals surface area (Å²) in [5, 5.41) is 9.96. The second-order valence-corrected chi connectivity index (χ2v) is 5.71. The fourth-order valence-electron chi connectivity index (χ4n) is 2.30. The summed E-state index contributed by atoms with van der Waals surface area (Å²) in [6, 6.07) is 1.56. The predicted molar refractivity (Wildman–Crippen MR) is 81.4 cm³/mol. The number of aromatic nitrogens is 2. The minimum Gasteiger partial charge on any atom is -0.376 e. The van der Waals surface area contributed by atoms with Gasteiger partial charge in [-0.15, -0.1) is 0 Å². The molecular weight excluding hydrogens is 270 g/mol. The van der Waals surface area contributed by atoms with Crippen LogP contribution in [0.5, 0.6) is 0 Å². The lowest BCUT2D eigenvalue weighted by molar-refractivity contribution is 0.0868. The molecule has 0 bridgehead atoms. The molecule has 2 rings (SSSR count). The summed E-state index contributed by atoms with van der Waals surface area (Å²) in [6.07, 6.45) is 4.05. The maximum absolute atomic E-state index is 11.9. The largest absolute Gasteiger partial charge is 0.376 e. The normalized spacial score (nSPS) is 19.7. The van der Waals surface area contributed by atoms with Gasteiger partial charge >= 0.3 is 6.03 Å². The zero-order valence-corrected chi connectivity index (χ0v) is 13.0. The first kappa shape index (κ1) is 15.8. The molecular formula is C14H25N5O2. The second kappa shape index (κ2) is 7.42. The first-order chi connectivity index (χ1) is 10.0. The highest BCUT2D eigenvalue weighted by Crippen LogP contribution is 2.15. The van der Waals surface area contributed by atoms with E-state index in [1.54, 1.807) is 6.07 Å². The van der Waals surface area contributed by atoms with Gasteiger partial charge in [0.25, 0.3) is 0 Å². The van der Waals surface area contributed by atoms with Gasteiger partial charge in [0, 0.05) is 25.4 Å². The van der Waals surface area contributed by atoms with Crippen LogP contribution in [0.25, 0.3) is 0 Å². The maximum atomic E-state index is 11.9. The van der Waals surface area contributed by atoms with E-state index < -0.39 is 0 Å². The molecule has 2 amide bonds. The Morgan fingerprint density at radius 3 is 3.10 bits per heavy atom. The standard InChI is InChI=1S/C14H25N5O2/c1-11(12-5-4-10-21-12)15-14(20)16-13-6-7-19(17-13)9-8-18(2)3/h6-7,11-12H,4-5,8-10H2,1-3H3,(H2,15,16,17,20)/t11-,12-/m1/s1. The number of hydrogen-bond donors (Lipinski definition) is 2. The Hall–Kier alpha value is -1.60. The van der Waals surface area contributed by atoms with E-state index in [4.69, 9.17) is 4.74 Å². The highest BCUT2D eigenvalue weighted by Gasteiger charge is 2.23. The molecule has 118 valence electrons. The van der Waals surface area contributed by atoms with Crippen LogP contribution < -0.4 is 10.6 Å². The molecule has 0 saturated carbocycles. The van der Waals surface area contributed by atoms with Crippen molar-refractivity contribution in [3.8, 4) is 0 Å². The third-order valence-electron chi connectivity index (χ3n) is 3.54. The Morgan fingerprint density at radius 1 is 1.62 bits per heavy atom. The van der Waals surface area contributed by atoms with E-state index in [0.717, 1.165) is 32.5 Å². The minimum atomic E-state index is -0.240. The zero-order valence-electron chi connectivity index (χ0n) is 13.0. The maximum Gasteiger partial charge on any atom is 0.320 e. The second-order valence-electron chi connectivity index (χ2n) is 5.71. The van der Waals surface area contributed by atoms with E-state index in [1.807, 2.05) is 31.9 Å². The van der Waals surface area contributed by atoms with Gasteiger partial charge in [-0.3, -0.25) is 10.00 Å². The molecule has 1 aliphatic heterocycles. The highest BCUT2D eigenvalue weighted by molar-refractivity contribution is 5.88. The van der Waals surface area contributed by atoms with E-state index in [2.05, 4.69) is 20.6 Å². The Morgan fingerprint density at radius 2 is 2.43 bits per heavy atom. The monoisotopic (exact) mass is 295 g/mol. The molecule has 1 aromatic rings. The van der Waals surface area contributed by atoms with Gasteiger partial charge in [0.05, 0.1) is 18.7 Å². The first-order valence-corrected chi connectivity index (χ1v) is 7.42. The molecule has 2 heterocycles. The third-order valence-corrected chi connectivity index (χ3v) is 3.54. The van der Waals surface area contributed by atoms with Gasteiger partial charge in [-0.05, 0) is 33.9 Å². The van der Waals surface area contributed by atoms with Crippen LogP contribution in [-0.2, 0) is 11.3 Å². The highest BCUT2D eigenvalue weighted by atomic mass is 16.5. The van der Waals surface area contributed by atoms with Crippen LogP contribution in [0, 0.1) is 0 Å². The molecule has 2 N–H and O–H groups in total. The van der Waals surface area contributed by atoms with Crippen molar-refractivity contribution in [1.29, 1.82) is 0 Å². The fourth-order valence-corrected chi connectivity index (χ4v) is 2.30. The summed E-state index contributed by atoms with van der Waals surface area (Å²) in [5.74, 6) is 0.561. The van der Waals surface area contributed by atoms with Crippen molar-refractivity contribution >= 4 is 11.8 Å². The molecule has 2 atom stereocenters. The molecule has 7 heteroatoms. The van der Waals surface area contributed by atoms with E-state index in [0.29, 0.717) is 5.82 Å². The Labute approximate surface area is 125 Å². The van der Waals surface area contributed by atoms with E-state index in [9.17, 15) is 4.79 Å². The molecule has 0 radical (unpaired) electrons. The number of nitrogens with zero attached hydrogens (tertiary/aromatic N) is 3. The number of amides is 2. The van der Waals surface area contributed by atoms with Gasteiger partial charge in [0.15, 0.2) is 5.82 Å². The summed E-state index contributed by atoms with van der Waals surface area (Å²) < 4.78 is 7.38. The minimum absolute atomic E-state index is 0.00308. The summed E-state index contributed by atoms with van der Waals surface area (Å²) in [5.41, 5.74) is 0. The van der Waals surface area contributed by atoms with Crippen LogP contribution >= 0.6 is 0 Å². The van der Waals surface area contributed by atoms with Gasteiger partial charge in [0.1, 0.15) is 0 Å². The van der Waals surface area contributed by atoms with Gasteiger partial charge in [-0.1, -0.05) is 0 Å². The molecule has 7 nitrogen and oxygen atoms in total. The fraction of sp³-hybridized carbons (Fsp3) is 0.714. The molecule has 1 aliphatic rings. The average molecular weight is 295 g/mol. The van der Waals surface area contributed by atoms with Crippen molar-refractivity contribution in [2.75, 3.05) is 32.6 Å². The number of anilines is 1. The number of ether oxygens (including phenoxy) is 1. The number of carbonyl (C=O) groups is 1. The van der Waals surface area contributed by atoms with Crippen LogP contribution in [-0.4, -0.2) is 60.1 Å². The smallest absolute Gasteiger partial charge is 0.320 e. The zero-order chi connectivity index (χ0) is 15.2. The van der Waals surface area contributed by atoms with Crippen LogP contribution in [0.2, 0.25) is 0 Å². The Bertz CT molecular complexity index is 454. The summed E-state index contributed by atoms with van der Waals surface area (Å²) in [4.78, 5) is 14.0. The number of carbonyl (C=O) groups excluding carboxylic acids is 1. The average Bonchev–Trinajstić information content (AvgIpc) is 3.07. The molecule has 1 fully saturated rings. The number of hydrogen-bond acceptors (Lipinski definition) is 4. The number of urea groups is 1. The van der Waals surface area contributed by atoms with E-state index in [1.165, 1.54) is 0 Å². The lowest BCUT2D eigenvalue weighted by Crippen LogP contribution is -2.43. The van der Waals surface area contributed by atoms with Crippen molar-refractivity contribution in [3.63, 3.8) is 0 Å². The molecule has 21 heavy (non-hydrogen) atoms. The van der Waals surface area contributed by atoms with Crippen molar-refractivity contribution in [2.45, 2.75) is 38.5 Å². The predicted octanol–water partition coefficient (Wildman–Crippen LogP) is 1.13. The number of nitrogens with one attached hydrogen (secondary N) is 2. The number of rotatable bonds is 6. The SMILES string of the molecule is C[C@@H](NC(=O)Nc1ccn(CCN(C)C)n1)[C@H]1CCCO1. The van der Waals surface area contributed by atoms with Gasteiger partial charge in [-0.2, -0.15) is 5.10 Å². The third kappa shape index (κ3) is 5.02. The first-order valence-electron chi connectivity index (χ1n) is 7.42. The molecule has 0 aliphatic carbocycles. The van der Waals surface area contributed by atoms with Crippen LogP contribution in [0.1, 0.15) is 19.8 Å². The van der Waals surface area contributed by atoms with Crippen LogP contribution in [0.4, 0.5) is 10.6 Å². The molecule has 1 aromatic heterocycles.